The first-order chi connectivity index (χ1) is 14.3. The van der Waals surface area contributed by atoms with Crippen molar-refractivity contribution >= 4 is 11.7 Å². The number of nitrogens with zero attached hydrogens (tertiary/aromatic N) is 4. The van der Waals surface area contributed by atoms with E-state index in [4.69, 9.17) is 9.47 Å². The van der Waals surface area contributed by atoms with Crippen LogP contribution in [0.5, 0.6) is 11.5 Å². The minimum atomic E-state index is 0.00330. The molecule has 7 nitrogen and oxygen atoms in total. The highest BCUT2D eigenvalue weighted by Gasteiger charge is 2.36. The van der Waals surface area contributed by atoms with Crippen molar-refractivity contribution < 1.29 is 14.3 Å². The number of benzene rings is 1. The highest BCUT2D eigenvalue weighted by atomic mass is 16.6. The summed E-state index contributed by atoms with van der Waals surface area (Å²) in [4.78, 5) is 26.3. The van der Waals surface area contributed by atoms with Crippen molar-refractivity contribution in [2.75, 3.05) is 37.7 Å². The maximum absolute atomic E-state index is 13.5. The molecule has 29 heavy (non-hydrogen) atoms. The predicted octanol–water partition coefficient (Wildman–Crippen LogP) is 2.83. The van der Waals surface area contributed by atoms with Crippen molar-refractivity contribution in [2.45, 2.75) is 31.7 Å². The van der Waals surface area contributed by atoms with E-state index in [0.717, 1.165) is 61.7 Å². The molecule has 2 aromatic rings. The molecular weight excluding hydrogens is 368 g/mol. The first kappa shape index (κ1) is 18.2. The lowest BCUT2D eigenvalue weighted by molar-refractivity contribution is -0.136. The topological polar surface area (TPSA) is 67.8 Å². The van der Waals surface area contributed by atoms with Gasteiger partial charge < -0.3 is 19.3 Å². The van der Waals surface area contributed by atoms with Gasteiger partial charge in [0.05, 0.1) is 18.2 Å². The fourth-order valence-corrected chi connectivity index (χ4v) is 4.72. The van der Waals surface area contributed by atoms with Crippen molar-refractivity contribution in [2.24, 2.45) is 5.92 Å². The summed E-state index contributed by atoms with van der Waals surface area (Å²) in [5, 5.41) is 0. The quantitative estimate of drug-likeness (QED) is 0.798. The Morgan fingerprint density at radius 1 is 1.03 bits per heavy atom. The van der Waals surface area contributed by atoms with E-state index in [9.17, 15) is 4.79 Å². The van der Waals surface area contributed by atoms with Crippen molar-refractivity contribution in [3.63, 3.8) is 0 Å². The van der Waals surface area contributed by atoms with Gasteiger partial charge in [0.1, 0.15) is 19.0 Å². The number of hydrogen-bond acceptors (Lipinski definition) is 6. The largest absolute Gasteiger partial charge is 0.486 e. The summed E-state index contributed by atoms with van der Waals surface area (Å²) in [5.41, 5.74) is 1.14. The molecule has 3 aliphatic rings. The fraction of sp³-hybridized carbons (Fsp3) is 0.500. The number of aromatic nitrogens is 2. The van der Waals surface area contributed by atoms with Gasteiger partial charge in [-0.2, -0.15) is 0 Å². The summed E-state index contributed by atoms with van der Waals surface area (Å²) in [6.07, 6.45) is 9.12. The summed E-state index contributed by atoms with van der Waals surface area (Å²) < 4.78 is 11.4. The number of anilines is 1. The number of hydrogen-bond donors (Lipinski definition) is 0. The van der Waals surface area contributed by atoms with Crippen LogP contribution in [0.3, 0.4) is 0 Å². The Balaban J connectivity index is 1.32. The minimum absolute atomic E-state index is 0.00330. The molecule has 0 saturated carbocycles. The zero-order valence-corrected chi connectivity index (χ0v) is 16.5. The summed E-state index contributed by atoms with van der Waals surface area (Å²) in [6.45, 7) is 3.62. The van der Waals surface area contributed by atoms with E-state index in [1.54, 1.807) is 18.6 Å². The van der Waals surface area contributed by atoms with Crippen LogP contribution in [0.15, 0.2) is 36.8 Å². The van der Waals surface area contributed by atoms with Crippen LogP contribution in [0, 0.1) is 5.92 Å². The van der Waals surface area contributed by atoms with Crippen LogP contribution in [0.1, 0.15) is 37.3 Å². The summed E-state index contributed by atoms with van der Waals surface area (Å²) in [6, 6.07) is 6.22. The van der Waals surface area contributed by atoms with Crippen LogP contribution in [0.25, 0.3) is 0 Å². The average Bonchev–Trinajstić information content (AvgIpc) is 3.29. The average molecular weight is 394 g/mol. The van der Waals surface area contributed by atoms with Crippen LogP contribution in [-0.4, -0.2) is 53.6 Å². The van der Waals surface area contributed by atoms with E-state index in [-0.39, 0.29) is 17.9 Å². The van der Waals surface area contributed by atoms with Crippen molar-refractivity contribution in [1.82, 2.24) is 14.9 Å². The van der Waals surface area contributed by atoms with Crippen LogP contribution in [-0.2, 0) is 4.79 Å². The highest BCUT2D eigenvalue weighted by molar-refractivity contribution is 5.80. The Kier molecular flexibility index (Phi) is 4.96. The third kappa shape index (κ3) is 3.61. The standard InChI is InChI=1S/C22H26N4O3/c27-22(17-3-1-9-25(15-17)21-14-23-7-8-24-21)26-10-2-4-18(26)16-5-6-19-20(13-16)29-12-11-28-19/h5-8,13-14,17-18H,1-4,9-12,15H2. The van der Waals surface area contributed by atoms with E-state index in [1.165, 1.54) is 0 Å². The molecule has 0 bridgehead atoms. The molecule has 0 N–H and O–H groups in total. The third-order valence-electron chi connectivity index (χ3n) is 6.13. The highest BCUT2D eigenvalue weighted by Crippen LogP contribution is 2.39. The second-order valence-electron chi connectivity index (χ2n) is 7.94. The van der Waals surface area contributed by atoms with Crippen molar-refractivity contribution in [3.8, 4) is 11.5 Å². The van der Waals surface area contributed by atoms with E-state index >= 15 is 0 Å². The lowest BCUT2D eigenvalue weighted by atomic mass is 9.95. The Morgan fingerprint density at radius 2 is 1.90 bits per heavy atom. The molecule has 1 aromatic carbocycles. The monoisotopic (exact) mass is 394 g/mol. The van der Waals surface area contributed by atoms with Gasteiger partial charge in [-0.25, -0.2) is 4.98 Å². The number of piperidine rings is 1. The van der Waals surface area contributed by atoms with Gasteiger partial charge in [-0.15, -0.1) is 0 Å². The zero-order valence-electron chi connectivity index (χ0n) is 16.5. The number of carbonyl (C=O) groups is 1. The predicted molar refractivity (Wildman–Crippen MR) is 108 cm³/mol. The first-order valence-electron chi connectivity index (χ1n) is 10.5. The van der Waals surface area contributed by atoms with Gasteiger partial charge in [0.15, 0.2) is 11.5 Å². The molecule has 152 valence electrons. The molecule has 1 amide bonds. The van der Waals surface area contributed by atoms with E-state index in [2.05, 4.69) is 31.9 Å². The SMILES string of the molecule is O=C(C1CCCN(c2cnccn2)C1)N1CCCC1c1ccc2c(c1)OCCO2. The Bertz CT molecular complexity index is 876. The van der Waals surface area contributed by atoms with Crippen LogP contribution >= 0.6 is 0 Å². The maximum atomic E-state index is 13.5. The van der Waals surface area contributed by atoms with Gasteiger partial charge in [0.25, 0.3) is 0 Å². The summed E-state index contributed by atoms with van der Waals surface area (Å²) in [7, 11) is 0. The lowest BCUT2D eigenvalue weighted by Crippen LogP contribution is -2.45. The molecule has 0 radical (unpaired) electrons. The number of amides is 1. The number of fused-ring (bicyclic) bond motifs is 1. The number of rotatable bonds is 3. The third-order valence-corrected chi connectivity index (χ3v) is 6.13. The molecule has 5 rings (SSSR count). The molecule has 2 fully saturated rings. The van der Waals surface area contributed by atoms with Crippen molar-refractivity contribution in [1.29, 1.82) is 0 Å². The van der Waals surface area contributed by atoms with Crippen molar-refractivity contribution in [3.05, 3.63) is 42.4 Å². The van der Waals surface area contributed by atoms with Gasteiger partial charge in [-0.1, -0.05) is 6.07 Å². The Labute approximate surface area is 170 Å². The Hall–Kier alpha value is -2.83. The summed E-state index contributed by atoms with van der Waals surface area (Å²) in [5.74, 6) is 2.71. The molecule has 0 spiro atoms. The second kappa shape index (κ2) is 7.89. The van der Waals surface area contributed by atoms with Crippen LogP contribution < -0.4 is 14.4 Å². The molecule has 1 aromatic heterocycles. The van der Waals surface area contributed by atoms with E-state index in [1.807, 2.05) is 6.07 Å². The molecule has 3 aliphatic heterocycles. The lowest BCUT2D eigenvalue weighted by Gasteiger charge is -2.36. The van der Waals surface area contributed by atoms with Crippen LogP contribution in [0.4, 0.5) is 5.82 Å². The molecule has 7 heteroatoms. The van der Waals surface area contributed by atoms with Gasteiger partial charge in [0.2, 0.25) is 5.91 Å². The first-order valence-corrected chi connectivity index (χ1v) is 10.5. The molecule has 4 heterocycles. The molecule has 0 aliphatic carbocycles. The molecule has 2 atom stereocenters. The van der Waals surface area contributed by atoms with E-state index in [0.29, 0.717) is 19.8 Å². The fourth-order valence-electron chi connectivity index (χ4n) is 4.72. The molecule has 2 unspecified atom stereocenters. The minimum Gasteiger partial charge on any atom is -0.486 e. The van der Waals surface area contributed by atoms with Gasteiger partial charge in [-0.3, -0.25) is 9.78 Å². The second-order valence-corrected chi connectivity index (χ2v) is 7.94. The zero-order chi connectivity index (χ0) is 19.6. The Morgan fingerprint density at radius 3 is 2.76 bits per heavy atom. The van der Waals surface area contributed by atoms with Gasteiger partial charge in [-0.05, 0) is 43.4 Å². The van der Waals surface area contributed by atoms with E-state index < -0.39 is 0 Å². The number of ether oxygens (including phenoxy) is 2. The smallest absolute Gasteiger partial charge is 0.227 e. The number of likely N-dealkylation sites (tertiary alicyclic amines) is 1. The van der Waals surface area contributed by atoms with Crippen LogP contribution in [0.2, 0.25) is 0 Å². The van der Waals surface area contributed by atoms with Gasteiger partial charge in [0, 0.05) is 32.0 Å². The number of carbonyl (C=O) groups excluding carboxylic acids is 1. The van der Waals surface area contributed by atoms with Gasteiger partial charge >= 0.3 is 0 Å². The summed E-state index contributed by atoms with van der Waals surface area (Å²) >= 11 is 0. The maximum Gasteiger partial charge on any atom is 0.227 e. The molecule has 2 saturated heterocycles. The molecular formula is C22H26N4O3. The normalized spacial score (nSPS) is 23.9.